The number of benzene rings is 1. The number of thioether (sulfide) groups is 1. The van der Waals surface area contributed by atoms with Crippen LogP contribution >= 0.6 is 23.1 Å². The van der Waals surface area contributed by atoms with Crippen LogP contribution in [0.4, 0.5) is 0 Å². The summed E-state index contributed by atoms with van der Waals surface area (Å²) in [6, 6.07) is 12.5. The van der Waals surface area contributed by atoms with E-state index in [2.05, 4.69) is 28.2 Å². The molecule has 0 saturated carbocycles. The number of hydrogen-bond donors (Lipinski definition) is 0. The zero-order valence-electron chi connectivity index (χ0n) is 14.3. The lowest BCUT2D eigenvalue weighted by Crippen LogP contribution is -2.40. The highest BCUT2D eigenvalue weighted by atomic mass is 32.2. The third-order valence-electron chi connectivity index (χ3n) is 4.27. The van der Waals surface area contributed by atoms with Gasteiger partial charge >= 0.3 is 0 Å². The second-order valence-electron chi connectivity index (χ2n) is 5.97. The van der Waals surface area contributed by atoms with Crippen LogP contribution < -0.4 is 0 Å². The zero-order valence-corrected chi connectivity index (χ0v) is 15.9. The number of morpholine rings is 1. The van der Waals surface area contributed by atoms with Crippen LogP contribution in [0.2, 0.25) is 0 Å². The molecule has 1 aromatic carbocycles. The van der Waals surface area contributed by atoms with Gasteiger partial charge in [-0.15, -0.1) is 23.1 Å². The number of carbonyl (C=O) groups is 1. The molecule has 1 aliphatic rings. The number of nitrogens with zero attached hydrogens (tertiary/aromatic N) is 3. The van der Waals surface area contributed by atoms with E-state index in [4.69, 9.17) is 4.74 Å². The molecule has 1 fully saturated rings. The molecule has 0 N–H and O–H groups in total. The van der Waals surface area contributed by atoms with Crippen molar-refractivity contribution in [3.63, 3.8) is 0 Å². The third kappa shape index (κ3) is 3.90. The lowest BCUT2D eigenvalue weighted by Gasteiger charge is -2.26. The summed E-state index contributed by atoms with van der Waals surface area (Å²) < 4.78 is 5.30. The normalized spacial score (nSPS) is 14.7. The molecule has 0 aliphatic carbocycles. The molecule has 5 nitrogen and oxygen atoms in total. The summed E-state index contributed by atoms with van der Waals surface area (Å²) in [5.41, 5.74) is 1.19. The van der Waals surface area contributed by atoms with Gasteiger partial charge in [-0.3, -0.25) is 4.79 Å². The van der Waals surface area contributed by atoms with Crippen molar-refractivity contribution < 1.29 is 9.53 Å². The van der Waals surface area contributed by atoms with Gasteiger partial charge < -0.3 is 9.64 Å². The summed E-state index contributed by atoms with van der Waals surface area (Å²) in [6.45, 7) is 2.68. The molecule has 0 radical (unpaired) electrons. The Morgan fingerprint density at radius 2 is 2.00 bits per heavy atom. The number of rotatable bonds is 5. The number of ether oxygens (including phenoxy) is 1. The van der Waals surface area contributed by atoms with Crippen LogP contribution in [-0.4, -0.2) is 52.8 Å². The second-order valence-corrected chi connectivity index (χ2v) is 8.08. The largest absolute Gasteiger partial charge is 0.378 e. The van der Waals surface area contributed by atoms with Crippen molar-refractivity contribution in [1.82, 2.24) is 14.9 Å². The molecule has 4 rings (SSSR count). The predicted octanol–water partition coefficient (Wildman–Crippen LogP) is 3.70. The summed E-state index contributed by atoms with van der Waals surface area (Å²) in [6.07, 6.45) is 2.13. The first-order chi connectivity index (χ1) is 12.8. The summed E-state index contributed by atoms with van der Waals surface area (Å²) >= 11 is 3.30. The van der Waals surface area contributed by atoms with E-state index in [1.165, 1.54) is 10.4 Å². The van der Waals surface area contributed by atoms with Gasteiger partial charge in [-0.2, -0.15) is 0 Å². The molecule has 1 saturated heterocycles. The van der Waals surface area contributed by atoms with E-state index in [0.717, 1.165) is 21.0 Å². The van der Waals surface area contributed by atoms with Crippen LogP contribution in [0.25, 0.3) is 20.7 Å². The molecule has 0 unspecified atom stereocenters. The Hall–Kier alpha value is -1.96. The molecule has 0 bridgehead atoms. The van der Waals surface area contributed by atoms with Crippen LogP contribution in [0.15, 0.2) is 47.8 Å². The number of thiophene rings is 1. The second kappa shape index (κ2) is 8.16. The zero-order chi connectivity index (χ0) is 17.8. The number of amides is 1. The summed E-state index contributed by atoms with van der Waals surface area (Å²) in [4.78, 5) is 25.2. The quantitative estimate of drug-likeness (QED) is 0.495. The van der Waals surface area contributed by atoms with Gasteiger partial charge in [-0.25, -0.2) is 9.97 Å². The first-order valence-electron chi connectivity index (χ1n) is 8.59. The van der Waals surface area contributed by atoms with Crippen LogP contribution in [0, 0.1) is 0 Å². The van der Waals surface area contributed by atoms with Gasteiger partial charge in [0.05, 0.1) is 13.2 Å². The minimum atomic E-state index is 0.196. The Bertz CT molecular complexity index is 892. The van der Waals surface area contributed by atoms with E-state index < -0.39 is 0 Å². The van der Waals surface area contributed by atoms with Gasteiger partial charge in [0.25, 0.3) is 0 Å². The molecule has 2 aromatic heterocycles. The highest BCUT2D eigenvalue weighted by molar-refractivity contribution is 7.99. The van der Waals surface area contributed by atoms with Crippen molar-refractivity contribution in [2.75, 3.05) is 32.1 Å². The van der Waals surface area contributed by atoms with Crippen LogP contribution in [-0.2, 0) is 9.53 Å². The van der Waals surface area contributed by atoms with Gasteiger partial charge in [0.15, 0.2) is 0 Å². The number of hydrogen-bond acceptors (Lipinski definition) is 6. The maximum absolute atomic E-state index is 12.3. The molecule has 0 spiro atoms. The molecular weight excluding hydrogens is 366 g/mol. The van der Waals surface area contributed by atoms with Crippen molar-refractivity contribution in [2.45, 2.75) is 11.4 Å². The van der Waals surface area contributed by atoms with Crippen molar-refractivity contribution in [2.24, 2.45) is 0 Å². The molecule has 26 heavy (non-hydrogen) atoms. The molecule has 3 heterocycles. The molecule has 0 atom stereocenters. The van der Waals surface area contributed by atoms with Crippen LogP contribution in [0.5, 0.6) is 0 Å². The first kappa shape index (κ1) is 17.5. The van der Waals surface area contributed by atoms with E-state index in [0.29, 0.717) is 32.7 Å². The minimum absolute atomic E-state index is 0.196. The van der Waals surface area contributed by atoms with Crippen molar-refractivity contribution in [1.29, 1.82) is 0 Å². The Kier molecular flexibility index (Phi) is 5.48. The first-order valence-corrected chi connectivity index (χ1v) is 10.4. The predicted molar refractivity (Wildman–Crippen MR) is 106 cm³/mol. The van der Waals surface area contributed by atoms with Crippen molar-refractivity contribution in [3.8, 4) is 10.4 Å². The molecule has 1 amide bonds. The van der Waals surface area contributed by atoms with Gasteiger partial charge in [0.2, 0.25) is 5.91 Å². The van der Waals surface area contributed by atoms with Crippen LogP contribution in [0.3, 0.4) is 0 Å². The lowest BCUT2D eigenvalue weighted by molar-refractivity contribution is -0.134. The standard InChI is InChI=1S/C19H19N3O2S2/c23-17(22-7-9-24-10-8-22)6-11-25-18-15-12-16(14-4-2-1-3-5-14)26-19(15)21-13-20-18/h1-5,12-13H,6-11H2. The lowest BCUT2D eigenvalue weighted by atomic mass is 10.2. The smallest absolute Gasteiger partial charge is 0.223 e. The fourth-order valence-electron chi connectivity index (χ4n) is 2.90. The van der Waals surface area contributed by atoms with E-state index in [9.17, 15) is 4.79 Å². The topological polar surface area (TPSA) is 55.3 Å². The monoisotopic (exact) mass is 385 g/mol. The summed E-state index contributed by atoms with van der Waals surface area (Å²) in [5.74, 6) is 0.917. The Labute approximate surface area is 160 Å². The number of aromatic nitrogens is 2. The fraction of sp³-hybridized carbons (Fsp3) is 0.316. The van der Waals surface area contributed by atoms with Gasteiger partial charge in [0.1, 0.15) is 16.2 Å². The molecular formula is C19H19N3O2S2. The van der Waals surface area contributed by atoms with E-state index in [1.807, 2.05) is 23.1 Å². The van der Waals surface area contributed by atoms with Gasteiger partial charge in [0, 0.05) is 35.5 Å². The average molecular weight is 386 g/mol. The minimum Gasteiger partial charge on any atom is -0.378 e. The maximum Gasteiger partial charge on any atom is 0.223 e. The van der Waals surface area contributed by atoms with Crippen molar-refractivity contribution >= 4 is 39.2 Å². The fourth-order valence-corrected chi connectivity index (χ4v) is 4.87. The SMILES string of the molecule is O=C(CCSc1ncnc2sc(-c3ccccc3)cc12)N1CCOCC1. The van der Waals surface area contributed by atoms with Gasteiger partial charge in [-0.1, -0.05) is 30.3 Å². The van der Waals surface area contributed by atoms with E-state index >= 15 is 0 Å². The molecule has 134 valence electrons. The molecule has 1 aliphatic heterocycles. The summed E-state index contributed by atoms with van der Waals surface area (Å²) in [7, 11) is 0. The maximum atomic E-state index is 12.3. The Balaban J connectivity index is 1.45. The summed E-state index contributed by atoms with van der Waals surface area (Å²) in [5, 5.41) is 2.02. The van der Waals surface area contributed by atoms with Gasteiger partial charge in [-0.05, 0) is 11.6 Å². The Morgan fingerprint density at radius 3 is 2.81 bits per heavy atom. The Morgan fingerprint density at radius 1 is 1.19 bits per heavy atom. The van der Waals surface area contributed by atoms with Crippen LogP contribution in [0.1, 0.15) is 6.42 Å². The van der Waals surface area contributed by atoms with Crippen molar-refractivity contribution in [3.05, 3.63) is 42.7 Å². The molecule has 7 heteroatoms. The van der Waals surface area contributed by atoms with E-state index in [1.54, 1.807) is 29.4 Å². The average Bonchev–Trinajstić information content (AvgIpc) is 3.14. The molecule has 3 aromatic rings. The highest BCUT2D eigenvalue weighted by Gasteiger charge is 2.17. The number of carbonyl (C=O) groups excluding carboxylic acids is 1. The number of fused-ring (bicyclic) bond motifs is 1. The third-order valence-corrected chi connectivity index (χ3v) is 6.37. The van der Waals surface area contributed by atoms with E-state index in [-0.39, 0.29) is 5.91 Å². The highest BCUT2D eigenvalue weighted by Crippen LogP contribution is 2.36.